The predicted molar refractivity (Wildman–Crippen MR) is 80.0 cm³/mol. The number of likely N-dealkylation sites (N-methyl/N-ethyl adjacent to an activating group) is 1. The number of carbonyl (C=O) groups is 1. The molecule has 2 unspecified atom stereocenters. The maximum Gasteiger partial charge on any atom is 0.238 e. The van der Waals surface area contributed by atoms with E-state index in [4.69, 9.17) is 0 Å². The van der Waals surface area contributed by atoms with E-state index in [2.05, 4.69) is 40.1 Å². The van der Waals surface area contributed by atoms with Crippen LogP contribution in [0.1, 0.15) is 24.9 Å². The number of hydrazine groups is 1. The molecule has 2 rings (SSSR count). The molecule has 3 N–H and O–H groups in total. The zero-order chi connectivity index (χ0) is 14.4. The minimum atomic E-state index is -0.160. The highest BCUT2D eigenvalue weighted by Crippen LogP contribution is 2.21. The molecular weight excluding hydrogens is 252 g/mol. The van der Waals surface area contributed by atoms with Crippen molar-refractivity contribution in [1.82, 2.24) is 21.1 Å². The van der Waals surface area contributed by atoms with Gasteiger partial charge in [0.1, 0.15) is 6.04 Å². The number of hydrogen-bond donors (Lipinski definition) is 3. The molecule has 1 aliphatic heterocycles. The van der Waals surface area contributed by atoms with Crippen LogP contribution in [-0.2, 0) is 4.79 Å². The van der Waals surface area contributed by atoms with Crippen LogP contribution in [0.2, 0.25) is 0 Å². The number of rotatable bonds is 6. The Balaban J connectivity index is 1.76. The molecule has 1 aromatic rings. The maximum atomic E-state index is 12.1. The van der Waals surface area contributed by atoms with Gasteiger partial charge in [-0.2, -0.15) is 0 Å². The highest BCUT2D eigenvalue weighted by atomic mass is 16.2. The maximum absolute atomic E-state index is 12.1. The Bertz CT molecular complexity index is 423. The van der Waals surface area contributed by atoms with E-state index in [1.807, 2.05) is 25.2 Å². The van der Waals surface area contributed by atoms with E-state index in [9.17, 15) is 4.79 Å². The van der Waals surface area contributed by atoms with Gasteiger partial charge in [0.2, 0.25) is 5.91 Å². The lowest BCUT2D eigenvalue weighted by Crippen LogP contribution is -2.45. The van der Waals surface area contributed by atoms with Crippen LogP contribution in [0.5, 0.6) is 0 Å². The van der Waals surface area contributed by atoms with Gasteiger partial charge in [0.15, 0.2) is 0 Å². The smallest absolute Gasteiger partial charge is 0.238 e. The first-order valence-electron chi connectivity index (χ1n) is 7.23. The topological polar surface area (TPSA) is 56.4 Å². The molecule has 0 saturated carbocycles. The Morgan fingerprint density at radius 2 is 2.10 bits per heavy atom. The third-order valence-corrected chi connectivity index (χ3v) is 3.75. The summed E-state index contributed by atoms with van der Waals surface area (Å²) in [5.41, 5.74) is 7.48. The Morgan fingerprint density at radius 1 is 1.35 bits per heavy atom. The Hall–Kier alpha value is -1.43. The summed E-state index contributed by atoms with van der Waals surface area (Å²) in [6, 6.07) is 10.2. The minimum absolute atomic E-state index is 0.0698. The fourth-order valence-corrected chi connectivity index (χ4v) is 2.28. The van der Waals surface area contributed by atoms with E-state index in [0.717, 1.165) is 19.5 Å². The SMILES string of the molecule is CCN(C)CCNC(=O)C1CC(c2ccccc2)NN1. The molecule has 0 bridgehead atoms. The monoisotopic (exact) mass is 276 g/mol. The molecule has 0 aromatic heterocycles. The van der Waals surface area contributed by atoms with Gasteiger partial charge in [0.05, 0.1) is 0 Å². The highest BCUT2D eigenvalue weighted by molar-refractivity contribution is 5.82. The van der Waals surface area contributed by atoms with Crippen molar-refractivity contribution in [2.24, 2.45) is 0 Å². The number of amides is 1. The van der Waals surface area contributed by atoms with Crippen molar-refractivity contribution in [3.8, 4) is 0 Å². The lowest BCUT2D eigenvalue weighted by Gasteiger charge is -2.15. The predicted octanol–water partition coefficient (Wildman–Crippen LogP) is 0.662. The molecule has 1 aromatic carbocycles. The average Bonchev–Trinajstić information content (AvgIpc) is 2.97. The van der Waals surface area contributed by atoms with Crippen molar-refractivity contribution in [1.29, 1.82) is 0 Å². The third-order valence-electron chi connectivity index (χ3n) is 3.75. The van der Waals surface area contributed by atoms with Gasteiger partial charge in [-0.25, -0.2) is 10.9 Å². The van der Waals surface area contributed by atoms with Crippen molar-refractivity contribution in [3.63, 3.8) is 0 Å². The highest BCUT2D eigenvalue weighted by Gasteiger charge is 2.29. The van der Waals surface area contributed by atoms with Crippen molar-refractivity contribution in [2.75, 3.05) is 26.7 Å². The number of nitrogens with zero attached hydrogens (tertiary/aromatic N) is 1. The average molecular weight is 276 g/mol. The second-order valence-corrected chi connectivity index (χ2v) is 5.23. The summed E-state index contributed by atoms with van der Waals surface area (Å²) in [5, 5.41) is 2.98. The summed E-state index contributed by atoms with van der Waals surface area (Å²) in [7, 11) is 2.05. The van der Waals surface area contributed by atoms with Gasteiger partial charge in [-0.1, -0.05) is 37.3 Å². The third kappa shape index (κ3) is 4.03. The van der Waals surface area contributed by atoms with Crippen LogP contribution in [0.15, 0.2) is 30.3 Å². The zero-order valence-corrected chi connectivity index (χ0v) is 12.2. The molecule has 1 fully saturated rings. The van der Waals surface area contributed by atoms with Crippen LogP contribution >= 0.6 is 0 Å². The first-order valence-corrected chi connectivity index (χ1v) is 7.23. The standard InChI is InChI=1S/C15H24N4O/c1-3-19(2)10-9-16-15(20)14-11-13(17-18-14)12-7-5-4-6-8-12/h4-8,13-14,17-18H,3,9-11H2,1-2H3,(H,16,20). The van der Waals surface area contributed by atoms with Gasteiger partial charge in [-0.05, 0) is 25.6 Å². The molecule has 110 valence electrons. The molecule has 5 nitrogen and oxygen atoms in total. The van der Waals surface area contributed by atoms with E-state index in [0.29, 0.717) is 6.54 Å². The van der Waals surface area contributed by atoms with Crippen molar-refractivity contribution in [3.05, 3.63) is 35.9 Å². The summed E-state index contributed by atoms with van der Waals surface area (Å²) in [5.74, 6) is 0.0698. The van der Waals surface area contributed by atoms with E-state index >= 15 is 0 Å². The Morgan fingerprint density at radius 3 is 2.80 bits per heavy atom. The number of nitrogens with one attached hydrogen (secondary N) is 3. The van der Waals surface area contributed by atoms with Crippen LogP contribution in [0.25, 0.3) is 0 Å². The summed E-state index contributed by atoms with van der Waals surface area (Å²) in [6.07, 6.45) is 0.777. The second-order valence-electron chi connectivity index (χ2n) is 5.23. The van der Waals surface area contributed by atoms with Crippen LogP contribution in [0.3, 0.4) is 0 Å². The van der Waals surface area contributed by atoms with Gasteiger partial charge in [-0.3, -0.25) is 4.79 Å². The minimum Gasteiger partial charge on any atom is -0.353 e. The Kier molecular flexibility index (Phi) is 5.52. The van der Waals surface area contributed by atoms with E-state index in [1.54, 1.807) is 0 Å². The van der Waals surface area contributed by atoms with Gasteiger partial charge in [0.25, 0.3) is 0 Å². The fourth-order valence-electron chi connectivity index (χ4n) is 2.28. The summed E-state index contributed by atoms with van der Waals surface area (Å²) >= 11 is 0. The number of carbonyl (C=O) groups excluding carboxylic acids is 1. The van der Waals surface area contributed by atoms with Crippen LogP contribution in [-0.4, -0.2) is 43.5 Å². The van der Waals surface area contributed by atoms with Gasteiger partial charge in [0, 0.05) is 19.1 Å². The first-order chi connectivity index (χ1) is 9.70. The summed E-state index contributed by atoms with van der Waals surface area (Å²) in [6.45, 7) is 4.67. The molecule has 0 radical (unpaired) electrons. The molecule has 20 heavy (non-hydrogen) atoms. The lowest BCUT2D eigenvalue weighted by atomic mass is 10.0. The molecule has 1 saturated heterocycles. The van der Waals surface area contributed by atoms with Crippen LogP contribution in [0.4, 0.5) is 0 Å². The van der Waals surface area contributed by atoms with Gasteiger partial charge in [-0.15, -0.1) is 0 Å². The quantitative estimate of drug-likeness (QED) is 0.714. The van der Waals surface area contributed by atoms with Crippen LogP contribution in [0, 0.1) is 0 Å². The molecule has 1 amide bonds. The second kappa shape index (κ2) is 7.38. The molecular formula is C15H24N4O. The zero-order valence-electron chi connectivity index (χ0n) is 12.2. The van der Waals surface area contributed by atoms with Crippen molar-refractivity contribution < 1.29 is 4.79 Å². The largest absolute Gasteiger partial charge is 0.353 e. The summed E-state index contributed by atoms with van der Waals surface area (Å²) < 4.78 is 0. The van der Waals surface area contributed by atoms with Gasteiger partial charge >= 0.3 is 0 Å². The number of hydrogen-bond acceptors (Lipinski definition) is 4. The lowest BCUT2D eigenvalue weighted by molar-refractivity contribution is -0.122. The molecule has 2 atom stereocenters. The molecule has 5 heteroatoms. The summed E-state index contributed by atoms with van der Waals surface area (Å²) in [4.78, 5) is 14.2. The van der Waals surface area contributed by atoms with E-state index < -0.39 is 0 Å². The van der Waals surface area contributed by atoms with Crippen LogP contribution < -0.4 is 16.2 Å². The van der Waals surface area contributed by atoms with Gasteiger partial charge < -0.3 is 10.2 Å². The normalized spacial score (nSPS) is 22.1. The van der Waals surface area contributed by atoms with E-state index in [-0.39, 0.29) is 18.0 Å². The van der Waals surface area contributed by atoms with Crippen molar-refractivity contribution >= 4 is 5.91 Å². The number of benzene rings is 1. The van der Waals surface area contributed by atoms with Crippen molar-refractivity contribution in [2.45, 2.75) is 25.4 Å². The fraction of sp³-hybridized carbons (Fsp3) is 0.533. The van der Waals surface area contributed by atoms with E-state index in [1.165, 1.54) is 5.56 Å². The molecule has 0 aliphatic carbocycles. The first kappa shape index (κ1) is 15.0. The Labute approximate surface area is 120 Å². The molecule has 1 heterocycles. The molecule has 0 spiro atoms. The molecule has 1 aliphatic rings.